The lowest BCUT2D eigenvalue weighted by molar-refractivity contribution is 1.08. The molecule has 0 radical (unpaired) electrons. The van der Waals surface area contributed by atoms with Crippen molar-refractivity contribution in [1.29, 1.82) is 0 Å². The molecular formula is C51H33N3. The van der Waals surface area contributed by atoms with Crippen molar-refractivity contribution in [2.24, 2.45) is 0 Å². The van der Waals surface area contributed by atoms with Crippen molar-refractivity contribution < 1.29 is 0 Å². The number of hydrogen-bond acceptors (Lipinski definition) is 3. The van der Waals surface area contributed by atoms with Crippen LogP contribution in [0, 0.1) is 0 Å². The van der Waals surface area contributed by atoms with E-state index < -0.39 is 0 Å². The lowest BCUT2D eigenvalue weighted by atomic mass is 9.97. The van der Waals surface area contributed by atoms with Gasteiger partial charge in [0.05, 0.1) is 0 Å². The van der Waals surface area contributed by atoms with Gasteiger partial charge >= 0.3 is 0 Å². The highest BCUT2D eigenvalue weighted by molar-refractivity contribution is 5.99. The maximum atomic E-state index is 5.20. The van der Waals surface area contributed by atoms with Gasteiger partial charge in [-0.25, -0.2) is 15.0 Å². The third-order valence-corrected chi connectivity index (χ3v) is 10.3. The van der Waals surface area contributed by atoms with E-state index in [0.717, 1.165) is 44.0 Å². The van der Waals surface area contributed by atoms with E-state index in [-0.39, 0.29) is 0 Å². The average Bonchev–Trinajstić information content (AvgIpc) is 3.26. The summed E-state index contributed by atoms with van der Waals surface area (Å²) in [5, 5.41) is 6.99. The number of aromatic nitrogens is 3. The van der Waals surface area contributed by atoms with Crippen LogP contribution in [0.3, 0.4) is 0 Å². The summed E-state index contributed by atoms with van der Waals surface area (Å²) < 4.78 is 0. The second-order valence-corrected chi connectivity index (χ2v) is 13.7. The molecule has 3 heteroatoms. The molecule has 10 aromatic rings. The van der Waals surface area contributed by atoms with Crippen molar-refractivity contribution in [3.8, 4) is 67.5 Å². The Morgan fingerprint density at radius 3 is 1.39 bits per heavy atom. The molecule has 0 N–H and O–H groups in total. The highest BCUT2D eigenvalue weighted by atomic mass is 15.0. The Balaban J connectivity index is 1.12. The van der Waals surface area contributed by atoms with E-state index in [1.54, 1.807) is 0 Å². The largest absolute Gasteiger partial charge is 0.208 e. The van der Waals surface area contributed by atoms with Gasteiger partial charge in [-0.2, -0.15) is 0 Å². The first-order chi connectivity index (χ1) is 26.7. The van der Waals surface area contributed by atoms with E-state index in [1.807, 2.05) is 12.1 Å². The molecule has 0 fully saturated rings. The van der Waals surface area contributed by atoms with Crippen LogP contribution in [-0.4, -0.2) is 15.0 Å². The first kappa shape index (κ1) is 31.5. The number of hydrogen-bond donors (Lipinski definition) is 0. The molecule has 9 aromatic carbocycles. The van der Waals surface area contributed by atoms with Gasteiger partial charge < -0.3 is 0 Å². The predicted octanol–water partition coefficient (Wildman–Crippen LogP) is 13.3. The molecular weight excluding hydrogens is 655 g/mol. The molecule has 1 aromatic heterocycles. The monoisotopic (exact) mass is 687 g/mol. The van der Waals surface area contributed by atoms with Crippen molar-refractivity contribution in [3.05, 3.63) is 200 Å². The molecule has 0 spiro atoms. The molecule has 0 saturated carbocycles. The lowest BCUT2D eigenvalue weighted by Crippen LogP contribution is -2.00. The minimum absolute atomic E-state index is 0.634. The average molecular weight is 688 g/mol. The third kappa shape index (κ3) is 5.88. The topological polar surface area (TPSA) is 38.7 Å². The van der Waals surface area contributed by atoms with Crippen LogP contribution in [0.15, 0.2) is 200 Å². The fourth-order valence-electron chi connectivity index (χ4n) is 7.50. The minimum Gasteiger partial charge on any atom is -0.208 e. The van der Waals surface area contributed by atoms with E-state index in [2.05, 4.69) is 188 Å². The molecule has 0 aliphatic carbocycles. The smallest absolute Gasteiger partial charge is 0.164 e. The third-order valence-electron chi connectivity index (χ3n) is 10.3. The van der Waals surface area contributed by atoms with Gasteiger partial charge in [0.25, 0.3) is 0 Å². The number of nitrogens with zero attached hydrogens (tertiary/aromatic N) is 3. The highest BCUT2D eigenvalue weighted by Gasteiger charge is 2.16. The molecule has 0 bridgehead atoms. The van der Waals surface area contributed by atoms with E-state index in [9.17, 15) is 0 Å². The van der Waals surface area contributed by atoms with Crippen LogP contribution in [-0.2, 0) is 0 Å². The quantitative estimate of drug-likeness (QED) is 0.175. The van der Waals surface area contributed by atoms with Crippen LogP contribution in [0.1, 0.15) is 0 Å². The Kier molecular flexibility index (Phi) is 7.81. The Labute approximate surface area is 313 Å². The van der Waals surface area contributed by atoms with Crippen molar-refractivity contribution in [2.45, 2.75) is 0 Å². The van der Waals surface area contributed by atoms with Crippen LogP contribution in [0.25, 0.3) is 99.9 Å². The second-order valence-electron chi connectivity index (χ2n) is 13.7. The van der Waals surface area contributed by atoms with Gasteiger partial charge in [-0.05, 0) is 83.9 Å². The summed E-state index contributed by atoms with van der Waals surface area (Å²) >= 11 is 0. The molecule has 0 atom stereocenters. The van der Waals surface area contributed by atoms with Crippen molar-refractivity contribution in [2.75, 3.05) is 0 Å². The van der Waals surface area contributed by atoms with E-state index in [0.29, 0.717) is 17.5 Å². The van der Waals surface area contributed by atoms with Gasteiger partial charge in [-0.15, -0.1) is 0 Å². The first-order valence-electron chi connectivity index (χ1n) is 18.3. The number of fused-ring (bicyclic) bond motifs is 3. The predicted molar refractivity (Wildman–Crippen MR) is 225 cm³/mol. The lowest BCUT2D eigenvalue weighted by Gasteiger charge is -2.12. The zero-order valence-corrected chi connectivity index (χ0v) is 29.4. The maximum Gasteiger partial charge on any atom is 0.164 e. The molecule has 0 aliphatic heterocycles. The van der Waals surface area contributed by atoms with Crippen LogP contribution >= 0.6 is 0 Å². The van der Waals surface area contributed by atoms with Gasteiger partial charge in [-0.3, -0.25) is 0 Å². The van der Waals surface area contributed by atoms with Gasteiger partial charge in [0.1, 0.15) is 0 Å². The number of rotatable bonds is 6. The molecule has 0 unspecified atom stereocenters. The van der Waals surface area contributed by atoms with Gasteiger partial charge in [0, 0.05) is 16.7 Å². The fraction of sp³-hybridized carbons (Fsp3) is 0. The summed E-state index contributed by atoms with van der Waals surface area (Å²) in [7, 11) is 0. The van der Waals surface area contributed by atoms with E-state index in [4.69, 9.17) is 15.0 Å². The summed E-state index contributed by atoms with van der Waals surface area (Å²) in [4.78, 5) is 15.5. The summed E-state index contributed by atoms with van der Waals surface area (Å²) in [6.07, 6.45) is 0. The normalized spacial score (nSPS) is 11.3. The fourth-order valence-corrected chi connectivity index (χ4v) is 7.50. The van der Waals surface area contributed by atoms with E-state index >= 15 is 0 Å². The van der Waals surface area contributed by atoms with Crippen LogP contribution < -0.4 is 0 Å². The highest BCUT2D eigenvalue weighted by Crippen LogP contribution is 2.35. The summed E-state index contributed by atoms with van der Waals surface area (Å²) in [6.45, 7) is 0. The SMILES string of the molecule is c1ccc(-c2ccc3cc(-c4nc(-c5ccc(-c6cccc7ccccc67)cc5)nc(-c5cccc6ccc(-c7ccccc7)cc56)n4)ccc3c2)cc1. The number of benzene rings is 9. The van der Waals surface area contributed by atoms with Crippen LogP contribution in [0.2, 0.25) is 0 Å². The zero-order valence-electron chi connectivity index (χ0n) is 29.4. The summed E-state index contributed by atoms with van der Waals surface area (Å²) in [5.74, 6) is 1.91. The van der Waals surface area contributed by atoms with Crippen LogP contribution in [0.5, 0.6) is 0 Å². The van der Waals surface area contributed by atoms with E-state index in [1.165, 1.54) is 38.4 Å². The Morgan fingerprint density at radius 2 is 0.685 bits per heavy atom. The first-order valence-corrected chi connectivity index (χ1v) is 18.3. The van der Waals surface area contributed by atoms with Crippen molar-refractivity contribution >= 4 is 32.3 Å². The second kappa shape index (κ2) is 13.4. The minimum atomic E-state index is 0.634. The molecule has 0 aliphatic rings. The molecule has 252 valence electrons. The molecule has 10 rings (SSSR count). The van der Waals surface area contributed by atoms with Gasteiger partial charge in [0.15, 0.2) is 17.5 Å². The molecule has 1 heterocycles. The van der Waals surface area contributed by atoms with Gasteiger partial charge in [-0.1, -0.05) is 182 Å². The molecule has 54 heavy (non-hydrogen) atoms. The Bertz CT molecular complexity index is 2970. The van der Waals surface area contributed by atoms with Crippen molar-refractivity contribution in [3.63, 3.8) is 0 Å². The maximum absolute atomic E-state index is 5.20. The standard InChI is InChI=1S/C51H33N3/c1-3-11-34(12-4-1)40-27-28-42-32-44(30-29-41(42)31-40)50-52-49(39-24-21-38(22-25-39)46-19-9-16-36-15-7-8-18-45(36)46)53-51(54-50)47-20-10-17-37-23-26-43(33-48(37)47)35-13-5-2-6-14-35/h1-33H. The van der Waals surface area contributed by atoms with Crippen molar-refractivity contribution in [1.82, 2.24) is 15.0 Å². The Morgan fingerprint density at radius 1 is 0.222 bits per heavy atom. The van der Waals surface area contributed by atoms with Gasteiger partial charge in [0.2, 0.25) is 0 Å². The summed E-state index contributed by atoms with van der Waals surface area (Å²) in [5.41, 5.74) is 9.91. The molecule has 0 amide bonds. The Hall–Kier alpha value is -7.23. The molecule has 3 nitrogen and oxygen atoms in total. The summed E-state index contributed by atoms with van der Waals surface area (Å²) in [6, 6.07) is 70.6. The van der Waals surface area contributed by atoms with Crippen LogP contribution in [0.4, 0.5) is 0 Å². The zero-order chi connectivity index (χ0) is 35.8. The molecule has 0 saturated heterocycles.